The number of aryl methyl sites for hydroxylation is 2. The van der Waals surface area contributed by atoms with Crippen molar-refractivity contribution in [1.82, 2.24) is 14.9 Å². The van der Waals surface area contributed by atoms with E-state index in [1.807, 2.05) is 18.9 Å². The lowest BCUT2D eigenvalue weighted by Crippen LogP contribution is -2.27. The predicted molar refractivity (Wildman–Crippen MR) is 79.3 cm³/mol. The molecular formula is C13H20N4OS. The summed E-state index contributed by atoms with van der Waals surface area (Å²) >= 11 is 1.65. The number of hydrogen-bond donors (Lipinski definition) is 2. The molecule has 0 aliphatic heterocycles. The summed E-state index contributed by atoms with van der Waals surface area (Å²) in [4.78, 5) is 13.1. The third kappa shape index (κ3) is 3.02. The molecule has 0 amide bonds. The number of aliphatic hydroxyl groups excluding tert-OH is 1. The quantitative estimate of drug-likeness (QED) is 0.891. The van der Waals surface area contributed by atoms with Crippen molar-refractivity contribution in [2.45, 2.75) is 33.4 Å². The molecule has 2 rings (SSSR count). The van der Waals surface area contributed by atoms with Crippen molar-refractivity contribution >= 4 is 27.4 Å². The van der Waals surface area contributed by atoms with E-state index in [4.69, 9.17) is 5.73 Å². The van der Waals surface area contributed by atoms with Crippen molar-refractivity contribution in [3.63, 3.8) is 0 Å². The Morgan fingerprint density at radius 2 is 2.05 bits per heavy atom. The fraction of sp³-hybridized carbons (Fsp3) is 0.538. The van der Waals surface area contributed by atoms with E-state index in [-0.39, 0.29) is 6.10 Å². The molecule has 19 heavy (non-hydrogen) atoms. The van der Waals surface area contributed by atoms with E-state index >= 15 is 0 Å². The zero-order chi connectivity index (χ0) is 14.2. The highest BCUT2D eigenvalue weighted by atomic mass is 32.1. The van der Waals surface area contributed by atoms with Gasteiger partial charge in [0, 0.05) is 11.4 Å². The zero-order valence-corrected chi connectivity index (χ0v) is 12.6. The Balaban J connectivity index is 2.31. The molecule has 2 aromatic rings. The number of rotatable bonds is 4. The molecule has 1 atom stereocenters. The van der Waals surface area contributed by atoms with Gasteiger partial charge in [-0.15, -0.1) is 11.3 Å². The van der Waals surface area contributed by atoms with Crippen LogP contribution in [0.3, 0.4) is 0 Å². The zero-order valence-electron chi connectivity index (χ0n) is 11.8. The van der Waals surface area contributed by atoms with Crippen LogP contribution in [-0.2, 0) is 6.54 Å². The third-order valence-corrected chi connectivity index (χ3v) is 4.19. The Morgan fingerprint density at radius 3 is 2.68 bits per heavy atom. The minimum absolute atomic E-state index is 0.364. The standard InChI is InChI=1S/C13H20N4OS/c1-7(18)5-17(4)6-10-15-12(14)11-8(2)9(3)19-13(11)16-10/h7,18H,5-6H2,1-4H3,(H2,14,15,16). The average molecular weight is 280 g/mol. The number of likely N-dealkylation sites (N-methyl/N-ethyl adjacent to an activating group) is 1. The van der Waals surface area contributed by atoms with E-state index < -0.39 is 0 Å². The molecule has 6 heteroatoms. The van der Waals surface area contributed by atoms with Gasteiger partial charge in [0.05, 0.1) is 18.0 Å². The van der Waals surface area contributed by atoms with Crippen molar-refractivity contribution in [1.29, 1.82) is 0 Å². The van der Waals surface area contributed by atoms with Crippen LogP contribution in [0, 0.1) is 13.8 Å². The lowest BCUT2D eigenvalue weighted by Gasteiger charge is -2.17. The molecule has 3 N–H and O–H groups in total. The molecule has 0 spiro atoms. The molecule has 0 saturated carbocycles. The Morgan fingerprint density at radius 1 is 1.37 bits per heavy atom. The highest BCUT2D eigenvalue weighted by Crippen LogP contribution is 2.31. The molecule has 0 aliphatic carbocycles. The fourth-order valence-corrected chi connectivity index (χ4v) is 3.21. The summed E-state index contributed by atoms with van der Waals surface area (Å²) in [6, 6.07) is 0. The Labute approximate surface area is 117 Å². The molecule has 0 saturated heterocycles. The number of anilines is 1. The number of nitrogens with zero attached hydrogens (tertiary/aromatic N) is 3. The second-order valence-electron chi connectivity index (χ2n) is 5.03. The van der Waals surface area contributed by atoms with Crippen LogP contribution < -0.4 is 5.73 Å². The smallest absolute Gasteiger partial charge is 0.146 e. The normalized spacial score (nSPS) is 13.4. The van der Waals surface area contributed by atoms with Crippen LogP contribution in [0.4, 0.5) is 5.82 Å². The maximum absolute atomic E-state index is 9.36. The molecular weight excluding hydrogens is 260 g/mol. The van der Waals surface area contributed by atoms with Crippen LogP contribution in [0.5, 0.6) is 0 Å². The van der Waals surface area contributed by atoms with Crippen molar-refractivity contribution < 1.29 is 5.11 Å². The van der Waals surface area contributed by atoms with Crippen LogP contribution in [0.25, 0.3) is 10.2 Å². The lowest BCUT2D eigenvalue weighted by atomic mass is 10.2. The summed E-state index contributed by atoms with van der Waals surface area (Å²) in [7, 11) is 1.93. The van der Waals surface area contributed by atoms with Gasteiger partial charge in [-0.25, -0.2) is 9.97 Å². The molecule has 0 radical (unpaired) electrons. The molecule has 2 heterocycles. The number of aliphatic hydroxyl groups is 1. The summed E-state index contributed by atoms with van der Waals surface area (Å²) in [5, 5.41) is 10.3. The molecule has 0 aliphatic rings. The first-order chi connectivity index (χ1) is 8.88. The Bertz CT molecular complexity index is 594. The van der Waals surface area contributed by atoms with Gasteiger partial charge in [-0.1, -0.05) is 0 Å². The van der Waals surface area contributed by atoms with Crippen LogP contribution in [0.2, 0.25) is 0 Å². The van der Waals surface area contributed by atoms with Crippen LogP contribution >= 0.6 is 11.3 Å². The minimum atomic E-state index is -0.364. The SMILES string of the molecule is Cc1sc2nc(CN(C)CC(C)O)nc(N)c2c1C. The minimum Gasteiger partial charge on any atom is -0.392 e. The molecule has 0 fully saturated rings. The fourth-order valence-electron chi connectivity index (χ4n) is 2.15. The second kappa shape index (κ2) is 5.40. The van der Waals surface area contributed by atoms with Gasteiger partial charge < -0.3 is 10.8 Å². The summed E-state index contributed by atoms with van der Waals surface area (Å²) < 4.78 is 0. The first kappa shape index (κ1) is 14.2. The second-order valence-corrected chi connectivity index (χ2v) is 6.24. The molecule has 104 valence electrons. The Kier molecular flexibility index (Phi) is 4.03. The van der Waals surface area contributed by atoms with E-state index in [1.165, 1.54) is 10.4 Å². The number of thiophene rings is 1. The van der Waals surface area contributed by atoms with Crippen molar-refractivity contribution in [2.75, 3.05) is 19.3 Å². The summed E-state index contributed by atoms with van der Waals surface area (Å²) in [5.74, 6) is 1.25. The lowest BCUT2D eigenvalue weighted by molar-refractivity contribution is 0.137. The van der Waals surface area contributed by atoms with Gasteiger partial charge in [0.2, 0.25) is 0 Å². The largest absolute Gasteiger partial charge is 0.392 e. The first-order valence-corrected chi connectivity index (χ1v) is 7.08. The number of aromatic nitrogens is 2. The monoisotopic (exact) mass is 280 g/mol. The van der Waals surface area contributed by atoms with E-state index in [1.54, 1.807) is 18.3 Å². The van der Waals surface area contributed by atoms with Gasteiger partial charge in [-0.3, -0.25) is 4.90 Å². The molecule has 0 aromatic carbocycles. The van der Waals surface area contributed by atoms with E-state index in [0.29, 0.717) is 24.7 Å². The molecule has 2 aromatic heterocycles. The van der Waals surface area contributed by atoms with E-state index in [9.17, 15) is 5.11 Å². The maximum Gasteiger partial charge on any atom is 0.146 e. The number of fused-ring (bicyclic) bond motifs is 1. The highest BCUT2D eigenvalue weighted by Gasteiger charge is 2.13. The summed E-state index contributed by atoms with van der Waals surface area (Å²) in [6.07, 6.45) is -0.364. The van der Waals surface area contributed by atoms with Crippen molar-refractivity contribution in [3.8, 4) is 0 Å². The van der Waals surface area contributed by atoms with Crippen LogP contribution in [0.1, 0.15) is 23.2 Å². The first-order valence-electron chi connectivity index (χ1n) is 6.27. The Hall–Kier alpha value is -1.24. The van der Waals surface area contributed by atoms with E-state index in [2.05, 4.69) is 16.9 Å². The molecule has 0 bridgehead atoms. The molecule has 1 unspecified atom stereocenters. The average Bonchev–Trinajstić information content (AvgIpc) is 2.53. The number of nitrogens with two attached hydrogens (primary N) is 1. The van der Waals surface area contributed by atoms with E-state index in [0.717, 1.165) is 10.2 Å². The predicted octanol–water partition coefficient (Wildman–Crippen LogP) is 1.70. The van der Waals surface area contributed by atoms with Gasteiger partial charge in [-0.05, 0) is 33.4 Å². The maximum atomic E-state index is 9.36. The van der Waals surface area contributed by atoms with Gasteiger partial charge in [0.25, 0.3) is 0 Å². The van der Waals surface area contributed by atoms with Gasteiger partial charge in [0.15, 0.2) is 0 Å². The van der Waals surface area contributed by atoms with Crippen LogP contribution in [-0.4, -0.2) is 39.7 Å². The topological polar surface area (TPSA) is 75.3 Å². The van der Waals surface area contributed by atoms with Crippen molar-refractivity contribution in [2.24, 2.45) is 0 Å². The van der Waals surface area contributed by atoms with Gasteiger partial charge >= 0.3 is 0 Å². The molecule has 5 nitrogen and oxygen atoms in total. The number of nitrogen functional groups attached to an aromatic ring is 1. The summed E-state index contributed by atoms with van der Waals surface area (Å²) in [5.41, 5.74) is 7.20. The van der Waals surface area contributed by atoms with Gasteiger partial charge in [-0.2, -0.15) is 0 Å². The summed E-state index contributed by atoms with van der Waals surface area (Å²) in [6.45, 7) is 7.05. The van der Waals surface area contributed by atoms with Crippen molar-refractivity contribution in [3.05, 3.63) is 16.3 Å². The third-order valence-electron chi connectivity index (χ3n) is 3.09. The van der Waals surface area contributed by atoms with Crippen LogP contribution in [0.15, 0.2) is 0 Å². The van der Waals surface area contributed by atoms with Gasteiger partial charge in [0.1, 0.15) is 16.5 Å². The number of hydrogen-bond acceptors (Lipinski definition) is 6. The highest BCUT2D eigenvalue weighted by molar-refractivity contribution is 7.18.